The van der Waals surface area contributed by atoms with Gasteiger partial charge in [-0.1, -0.05) is 17.3 Å². The summed E-state index contributed by atoms with van der Waals surface area (Å²) in [5.74, 6) is -0.236. The van der Waals surface area contributed by atoms with Crippen LogP contribution in [0.3, 0.4) is 0 Å². The maximum absolute atomic E-state index is 12.9. The Kier molecular flexibility index (Phi) is 2.81. The Morgan fingerprint density at radius 2 is 2.27 bits per heavy atom. The molecule has 0 N–H and O–H groups in total. The molecule has 0 aliphatic carbocycles. The van der Waals surface area contributed by atoms with Gasteiger partial charge in [-0.2, -0.15) is 0 Å². The van der Waals surface area contributed by atoms with Gasteiger partial charge in [0.1, 0.15) is 10.4 Å². The highest BCUT2D eigenvalue weighted by Gasteiger charge is 2.06. The highest BCUT2D eigenvalue weighted by atomic mass is 79.9. The summed E-state index contributed by atoms with van der Waals surface area (Å²) < 4.78 is 15.4. The van der Waals surface area contributed by atoms with Gasteiger partial charge in [0.2, 0.25) is 0 Å². The van der Waals surface area contributed by atoms with Crippen LogP contribution in [-0.4, -0.2) is 15.0 Å². The number of rotatable bonds is 2. The largest absolute Gasteiger partial charge is 0.234 e. The molecule has 0 amide bonds. The minimum absolute atomic E-state index is 0.236. The molecule has 0 bridgehead atoms. The Balaban J connectivity index is 2.26. The van der Waals surface area contributed by atoms with E-state index >= 15 is 0 Å². The Bertz CT molecular complexity index is 481. The molecule has 0 aliphatic rings. The van der Waals surface area contributed by atoms with Crippen LogP contribution in [0.15, 0.2) is 28.9 Å². The molecule has 0 unspecified atom stereocenters. The van der Waals surface area contributed by atoms with E-state index in [9.17, 15) is 4.39 Å². The first-order valence-corrected chi connectivity index (χ1v) is 5.26. The fraction of sp³-hybridized carbons (Fsp3) is 0.200. The van der Waals surface area contributed by atoms with Gasteiger partial charge < -0.3 is 0 Å². The molecule has 3 nitrogen and oxygen atoms in total. The van der Waals surface area contributed by atoms with Crippen molar-refractivity contribution in [3.05, 3.63) is 45.9 Å². The van der Waals surface area contributed by atoms with Gasteiger partial charge in [-0.05, 0) is 40.5 Å². The smallest absolute Gasteiger partial charge is 0.127 e. The Hall–Kier alpha value is -1.23. The maximum atomic E-state index is 12.9. The lowest BCUT2D eigenvalue weighted by Crippen LogP contribution is -2.02. The highest BCUT2D eigenvalue weighted by Crippen LogP contribution is 2.14. The summed E-state index contributed by atoms with van der Waals surface area (Å²) in [5, 5.41) is 7.84. The number of aromatic nitrogens is 3. The molecule has 15 heavy (non-hydrogen) atoms. The molecule has 2 rings (SSSR count). The van der Waals surface area contributed by atoms with Crippen molar-refractivity contribution in [3.8, 4) is 0 Å². The lowest BCUT2D eigenvalue weighted by atomic mass is 10.2. The molecule has 2 aromatic rings. The molecule has 5 heteroatoms. The Labute approximate surface area is 95.0 Å². The average molecular weight is 270 g/mol. The van der Waals surface area contributed by atoms with E-state index in [1.807, 2.05) is 13.0 Å². The third kappa shape index (κ3) is 2.23. The molecule has 0 fully saturated rings. The van der Waals surface area contributed by atoms with Crippen LogP contribution in [-0.2, 0) is 6.54 Å². The number of hydrogen-bond acceptors (Lipinski definition) is 2. The van der Waals surface area contributed by atoms with Crippen LogP contribution >= 0.6 is 15.9 Å². The second-order valence-corrected chi connectivity index (χ2v) is 4.00. The molecule has 1 aromatic carbocycles. The molecule has 0 radical (unpaired) electrons. The molecule has 78 valence electrons. The van der Waals surface area contributed by atoms with E-state index in [0.29, 0.717) is 6.54 Å². The lowest BCUT2D eigenvalue weighted by molar-refractivity contribution is 0.610. The fourth-order valence-corrected chi connectivity index (χ4v) is 1.57. The summed E-state index contributed by atoms with van der Waals surface area (Å²) in [6, 6.07) is 6.45. The molecule has 0 atom stereocenters. The van der Waals surface area contributed by atoms with Crippen molar-refractivity contribution in [3.63, 3.8) is 0 Å². The quantitative estimate of drug-likeness (QED) is 0.839. The number of nitrogens with zero attached hydrogens (tertiary/aromatic N) is 3. The highest BCUT2D eigenvalue weighted by molar-refractivity contribution is 9.10. The molecular formula is C10H9BrFN3. The first-order valence-electron chi connectivity index (χ1n) is 4.47. The van der Waals surface area contributed by atoms with Crippen molar-refractivity contribution < 1.29 is 4.39 Å². The van der Waals surface area contributed by atoms with Gasteiger partial charge in [0, 0.05) is 0 Å². The summed E-state index contributed by atoms with van der Waals surface area (Å²) in [7, 11) is 0. The SMILES string of the molecule is Cc1nnn(Cc2cccc(F)c2)c1Br. The average Bonchev–Trinajstić information content (AvgIpc) is 2.50. The fourth-order valence-electron chi connectivity index (χ4n) is 1.30. The van der Waals surface area contributed by atoms with Crippen molar-refractivity contribution in [1.29, 1.82) is 0 Å². The molecule has 1 heterocycles. The van der Waals surface area contributed by atoms with Crippen molar-refractivity contribution >= 4 is 15.9 Å². The third-order valence-corrected chi connectivity index (χ3v) is 3.03. The normalized spacial score (nSPS) is 10.6. The zero-order valence-corrected chi connectivity index (χ0v) is 9.70. The number of halogens is 2. The van der Waals surface area contributed by atoms with Gasteiger partial charge in [-0.15, -0.1) is 5.10 Å². The van der Waals surface area contributed by atoms with Crippen molar-refractivity contribution in [2.45, 2.75) is 13.5 Å². The van der Waals surface area contributed by atoms with Gasteiger partial charge in [-0.3, -0.25) is 0 Å². The summed E-state index contributed by atoms with van der Waals surface area (Å²) in [6.07, 6.45) is 0. The van der Waals surface area contributed by atoms with Gasteiger partial charge in [-0.25, -0.2) is 9.07 Å². The Morgan fingerprint density at radius 3 is 2.87 bits per heavy atom. The van der Waals surface area contributed by atoms with Gasteiger partial charge in [0.15, 0.2) is 0 Å². The monoisotopic (exact) mass is 269 g/mol. The zero-order chi connectivity index (χ0) is 10.8. The molecule has 0 spiro atoms. The van der Waals surface area contributed by atoms with Crippen molar-refractivity contribution in [1.82, 2.24) is 15.0 Å². The van der Waals surface area contributed by atoms with E-state index in [2.05, 4.69) is 26.2 Å². The van der Waals surface area contributed by atoms with Crippen LogP contribution in [0.2, 0.25) is 0 Å². The predicted molar refractivity (Wildman–Crippen MR) is 58.0 cm³/mol. The lowest BCUT2D eigenvalue weighted by Gasteiger charge is -2.02. The molecule has 0 aliphatic heterocycles. The molecule has 0 saturated heterocycles. The molecule has 1 aromatic heterocycles. The second-order valence-electron chi connectivity index (χ2n) is 3.25. The van der Waals surface area contributed by atoms with Crippen molar-refractivity contribution in [2.75, 3.05) is 0 Å². The van der Waals surface area contributed by atoms with Crippen LogP contribution in [0, 0.1) is 12.7 Å². The summed E-state index contributed by atoms with van der Waals surface area (Å²) in [5.41, 5.74) is 1.69. The summed E-state index contributed by atoms with van der Waals surface area (Å²) in [6.45, 7) is 2.37. The second kappa shape index (κ2) is 4.10. The van der Waals surface area contributed by atoms with Gasteiger partial charge in [0.25, 0.3) is 0 Å². The first kappa shape index (κ1) is 10.3. The minimum atomic E-state index is -0.236. The van der Waals surface area contributed by atoms with E-state index in [1.165, 1.54) is 12.1 Å². The molecular weight excluding hydrogens is 261 g/mol. The van der Waals surface area contributed by atoms with Crippen molar-refractivity contribution in [2.24, 2.45) is 0 Å². The topological polar surface area (TPSA) is 30.7 Å². The van der Waals surface area contributed by atoms with Crippen LogP contribution in [0.1, 0.15) is 11.3 Å². The van der Waals surface area contributed by atoms with Gasteiger partial charge >= 0.3 is 0 Å². The maximum Gasteiger partial charge on any atom is 0.127 e. The van der Waals surface area contributed by atoms with E-state index in [-0.39, 0.29) is 5.82 Å². The summed E-state index contributed by atoms with van der Waals surface area (Å²) in [4.78, 5) is 0. The zero-order valence-electron chi connectivity index (χ0n) is 8.11. The standard InChI is InChI=1S/C10H9BrFN3/c1-7-10(11)15(14-13-7)6-8-3-2-4-9(12)5-8/h2-5H,6H2,1H3. The predicted octanol–water partition coefficient (Wildman–Crippen LogP) is 2.54. The van der Waals surface area contributed by atoms with Crippen LogP contribution in [0.5, 0.6) is 0 Å². The van der Waals surface area contributed by atoms with E-state index in [0.717, 1.165) is 15.9 Å². The van der Waals surface area contributed by atoms with E-state index in [1.54, 1.807) is 10.7 Å². The minimum Gasteiger partial charge on any atom is -0.234 e. The van der Waals surface area contributed by atoms with Crippen LogP contribution in [0.4, 0.5) is 4.39 Å². The number of benzene rings is 1. The summed E-state index contributed by atoms with van der Waals surface area (Å²) >= 11 is 3.37. The molecule has 0 saturated carbocycles. The van der Waals surface area contributed by atoms with Crippen LogP contribution < -0.4 is 0 Å². The first-order chi connectivity index (χ1) is 7.16. The van der Waals surface area contributed by atoms with E-state index < -0.39 is 0 Å². The van der Waals surface area contributed by atoms with Crippen LogP contribution in [0.25, 0.3) is 0 Å². The third-order valence-electron chi connectivity index (χ3n) is 2.05. The Morgan fingerprint density at radius 1 is 1.47 bits per heavy atom. The van der Waals surface area contributed by atoms with E-state index in [4.69, 9.17) is 0 Å². The number of aryl methyl sites for hydroxylation is 1. The van der Waals surface area contributed by atoms with Gasteiger partial charge in [0.05, 0.1) is 12.2 Å². The number of hydrogen-bond donors (Lipinski definition) is 0.